The first kappa shape index (κ1) is 9.71. The van der Waals surface area contributed by atoms with Crippen LogP contribution in [0.2, 0.25) is 0 Å². The lowest BCUT2D eigenvalue weighted by Gasteiger charge is -1.95. The SMILES string of the molecule is COc1ccc2[nH]c(-c3cncnc3)nc2n1. The monoisotopic (exact) mass is 227 g/mol. The van der Waals surface area contributed by atoms with Gasteiger partial charge in [-0.25, -0.2) is 15.0 Å². The van der Waals surface area contributed by atoms with E-state index in [0.717, 1.165) is 11.1 Å². The molecule has 3 aromatic heterocycles. The van der Waals surface area contributed by atoms with Gasteiger partial charge in [-0.15, -0.1) is 0 Å². The second-order valence-electron chi connectivity index (χ2n) is 3.44. The Hall–Kier alpha value is -2.50. The largest absolute Gasteiger partial charge is 0.481 e. The molecule has 0 fully saturated rings. The van der Waals surface area contributed by atoms with Crippen molar-refractivity contribution >= 4 is 11.2 Å². The normalized spacial score (nSPS) is 10.6. The zero-order valence-corrected chi connectivity index (χ0v) is 9.08. The van der Waals surface area contributed by atoms with Crippen LogP contribution >= 0.6 is 0 Å². The van der Waals surface area contributed by atoms with Crippen LogP contribution in [0.5, 0.6) is 5.88 Å². The summed E-state index contributed by atoms with van der Waals surface area (Å²) in [6.45, 7) is 0. The fraction of sp³-hybridized carbons (Fsp3) is 0.0909. The van der Waals surface area contributed by atoms with Crippen molar-refractivity contribution in [1.29, 1.82) is 0 Å². The fourth-order valence-electron chi connectivity index (χ4n) is 1.55. The number of nitrogens with one attached hydrogen (secondary N) is 1. The summed E-state index contributed by atoms with van der Waals surface area (Å²) >= 11 is 0. The third-order valence-electron chi connectivity index (χ3n) is 2.36. The van der Waals surface area contributed by atoms with Crippen molar-refractivity contribution in [3.63, 3.8) is 0 Å². The second kappa shape index (κ2) is 3.82. The minimum atomic E-state index is 0.542. The zero-order chi connectivity index (χ0) is 11.7. The minimum absolute atomic E-state index is 0.542. The van der Waals surface area contributed by atoms with Gasteiger partial charge in [-0.3, -0.25) is 0 Å². The number of pyridine rings is 1. The molecular weight excluding hydrogens is 218 g/mol. The van der Waals surface area contributed by atoms with Gasteiger partial charge in [0, 0.05) is 18.5 Å². The summed E-state index contributed by atoms with van der Waals surface area (Å²) in [5.41, 5.74) is 2.29. The van der Waals surface area contributed by atoms with Gasteiger partial charge in [0.15, 0.2) is 5.65 Å². The zero-order valence-electron chi connectivity index (χ0n) is 9.08. The van der Waals surface area contributed by atoms with Crippen molar-refractivity contribution < 1.29 is 4.74 Å². The first-order chi connectivity index (χ1) is 8.36. The average molecular weight is 227 g/mol. The maximum atomic E-state index is 5.05. The maximum absolute atomic E-state index is 5.05. The highest BCUT2D eigenvalue weighted by atomic mass is 16.5. The summed E-state index contributed by atoms with van der Waals surface area (Å²) in [5, 5.41) is 0. The number of imidazole rings is 1. The topological polar surface area (TPSA) is 76.6 Å². The number of fused-ring (bicyclic) bond motifs is 1. The molecule has 0 amide bonds. The second-order valence-corrected chi connectivity index (χ2v) is 3.44. The average Bonchev–Trinajstić information content (AvgIpc) is 2.82. The Morgan fingerprint density at radius 3 is 2.71 bits per heavy atom. The molecule has 6 nitrogen and oxygen atoms in total. The number of nitrogens with zero attached hydrogens (tertiary/aromatic N) is 4. The quantitative estimate of drug-likeness (QED) is 0.716. The number of aromatic nitrogens is 5. The van der Waals surface area contributed by atoms with Gasteiger partial charge in [-0.05, 0) is 6.07 Å². The van der Waals surface area contributed by atoms with Gasteiger partial charge >= 0.3 is 0 Å². The Bertz CT molecular complexity index is 649. The number of hydrogen-bond acceptors (Lipinski definition) is 5. The molecule has 0 bridgehead atoms. The lowest BCUT2D eigenvalue weighted by atomic mass is 10.3. The van der Waals surface area contributed by atoms with E-state index in [1.54, 1.807) is 25.6 Å². The highest BCUT2D eigenvalue weighted by Crippen LogP contribution is 2.19. The molecule has 0 saturated carbocycles. The first-order valence-electron chi connectivity index (χ1n) is 5.03. The highest BCUT2D eigenvalue weighted by molar-refractivity contribution is 5.75. The van der Waals surface area contributed by atoms with Crippen LogP contribution in [0.15, 0.2) is 30.9 Å². The molecule has 84 valence electrons. The van der Waals surface area contributed by atoms with Crippen molar-refractivity contribution in [1.82, 2.24) is 24.9 Å². The molecule has 0 atom stereocenters. The van der Waals surface area contributed by atoms with E-state index in [1.807, 2.05) is 6.07 Å². The van der Waals surface area contributed by atoms with Crippen molar-refractivity contribution in [2.45, 2.75) is 0 Å². The van der Waals surface area contributed by atoms with Crippen LogP contribution in [0.1, 0.15) is 0 Å². The summed E-state index contributed by atoms with van der Waals surface area (Å²) in [7, 11) is 1.58. The maximum Gasteiger partial charge on any atom is 0.215 e. The Kier molecular flexibility index (Phi) is 2.18. The Labute approximate surface area is 96.7 Å². The van der Waals surface area contributed by atoms with Crippen molar-refractivity contribution in [2.24, 2.45) is 0 Å². The lowest BCUT2D eigenvalue weighted by molar-refractivity contribution is 0.399. The van der Waals surface area contributed by atoms with E-state index in [0.29, 0.717) is 17.4 Å². The van der Waals surface area contributed by atoms with E-state index >= 15 is 0 Å². The Balaban J connectivity index is 2.14. The molecule has 0 aliphatic rings. The van der Waals surface area contributed by atoms with E-state index in [9.17, 15) is 0 Å². The highest BCUT2D eigenvalue weighted by Gasteiger charge is 2.07. The number of methoxy groups -OCH3 is 1. The van der Waals surface area contributed by atoms with Crippen LogP contribution in [0.4, 0.5) is 0 Å². The number of aromatic amines is 1. The van der Waals surface area contributed by atoms with Crippen molar-refractivity contribution in [3.05, 3.63) is 30.9 Å². The standard InChI is InChI=1S/C11H9N5O/c1-17-9-3-2-8-11(15-9)16-10(14-8)7-4-12-6-13-5-7/h2-6H,1H3,(H,14,15,16). The van der Waals surface area contributed by atoms with Crippen molar-refractivity contribution in [2.75, 3.05) is 7.11 Å². The van der Waals surface area contributed by atoms with Crippen LogP contribution in [0.3, 0.4) is 0 Å². The molecule has 6 heteroatoms. The van der Waals surface area contributed by atoms with E-state index in [1.165, 1.54) is 6.33 Å². The Morgan fingerprint density at radius 2 is 1.94 bits per heavy atom. The van der Waals surface area contributed by atoms with E-state index in [2.05, 4.69) is 24.9 Å². The molecule has 3 aromatic rings. The molecular formula is C11H9N5O. The number of rotatable bonds is 2. The van der Waals surface area contributed by atoms with Crippen LogP contribution < -0.4 is 4.74 Å². The molecule has 0 aliphatic heterocycles. The Morgan fingerprint density at radius 1 is 1.12 bits per heavy atom. The lowest BCUT2D eigenvalue weighted by Crippen LogP contribution is -1.86. The summed E-state index contributed by atoms with van der Waals surface area (Å²) in [6.07, 6.45) is 4.87. The molecule has 0 saturated heterocycles. The predicted molar refractivity (Wildman–Crippen MR) is 61.5 cm³/mol. The van der Waals surface area contributed by atoms with Gasteiger partial charge < -0.3 is 9.72 Å². The van der Waals surface area contributed by atoms with Crippen LogP contribution in [-0.4, -0.2) is 32.0 Å². The summed E-state index contributed by atoms with van der Waals surface area (Å²) in [5.74, 6) is 1.24. The van der Waals surface area contributed by atoms with Gasteiger partial charge in [-0.1, -0.05) is 0 Å². The molecule has 0 aromatic carbocycles. The molecule has 0 spiro atoms. The van der Waals surface area contributed by atoms with Crippen LogP contribution in [0.25, 0.3) is 22.6 Å². The molecule has 0 unspecified atom stereocenters. The molecule has 1 N–H and O–H groups in total. The fourth-order valence-corrected chi connectivity index (χ4v) is 1.55. The molecule has 0 aliphatic carbocycles. The van der Waals surface area contributed by atoms with E-state index in [-0.39, 0.29) is 0 Å². The van der Waals surface area contributed by atoms with Crippen molar-refractivity contribution in [3.8, 4) is 17.3 Å². The predicted octanol–water partition coefficient (Wildman–Crippen LogP) is 1.42. The number of H-pyrrole nitrogens is 1. The third kappa shape index (κ3) is 1.69. The van der Waals surface area contributed by atoms with Crippen LogP contribution in [0, 0.1) is 0 Å². The first-order valence-corrected chi connectivity index (χ1v) is 5.03. The van der Waals surface area contributed by atoms with Gasteiger partial charge in [0.05, 0.1) is 18.2 Å². The van der Waals surface area contributed by atoms with Gasteiger partial charge in [0.2, 0.25) is 5.88 Å². The number of hydrogen-bond donors (Lipinski definition) is 1. The molecule has 3 heterocycles. The van der Waals surface area contributed by atoms with Gasteiger partial charge in [-0.2, -0.15) is 4.98 Å². The molecule has 17 heavy (non-hydrogen) atoms. The van der Waals surface area contributed by atoms with E-state index in [4.69, 9.17) is 4.74 Å². The van der Waals surface area contributed by atoms with Gasteiger partial charge in [0.1, 0.15) is 12.2 Å². The smallest absolute Gasteiger partial charge is 0.215 e. The molecule has 3 rings (SSSR count). The van der Waals surface area contributed by atoms with Gasteiger partial charge in [0.25, 0.3) is 0 Å². The molecule has 0 radical (unpaired) electrons. The summed E-state index contributed by atoms with van der Waals surface area (Å²) in [4.78, 5) is 19.7. The number of ether oxygens (including phenoxy) is 1. The third-order valence-corrected chi connectivity index (χ3v) is 2.36. The van der Waals surface area contributed by atoms with Crippen LogP contribution in [-0.2, 0) is 0 Å². The van der Waals surface area contributed by atoms with E-state index < -0.39 is 0 Å². The summed E-state index contributed by atoms with van der Waals surface area (Å²) < 4.78 is 5.05. The summed E-state index contributed by atoms with van der Waals surface area (Å²) in [6, 6.07) is 3.66. The minimum Gasteiger partial charge on any atom is -0.481 e.